The molecular formula is C31H36N6O2. The Kier molecular flexibility index (Phi) is 8.34. The lowest BCUT2D eigenvalue weighted by Gasteiger charge is -2.27. The van der Waals surface area contributed by atoms with E-state index in [9.17, 15) is 0 Å². The van der Waals surface area contributed by atoms with Crippen molar-refractivity contribution in [3.63, 3.8) is 0 Å². The molecule has 0 spiro atoms. The van der Waals surface area contributed by atoms with E-state index in [0.29, 0.717) is 11.7 Å². The Labute approximate surface area is 230 Å². The third kappa shape index (κ3) is 5.87. The number of hydrogen-bond donors (Lipinski definition) is 1. The molecular weight excluding hydrogens is 488 g/mol. The Hall–Kier alpha value is -4.01. The van der Waals surface area contributed by atoms with Crippen molar-refractivity contribution < 1.29 is 9.47 Å². The number of nitrogens with one attached hydrogen (secondary N) is 1. The van der Waals surface area contributed by atoms with Crippen LogP contribution in [0.2, 0.25) is 0 Å². The standard InChI is InChI=1S/C31H36N6O2/c1-22(2)14-19-28-29(31(38-3)39-4)37(25-10-6-5-7-11-25)21-36(28)20-23-15-17-24(18-16-23)26-12-8-9-13-27(26)30-32-34-35-33-30/h5-13,15-18,22,31H,14,19-21H2,1-4H3,(H,32,33,34,35). The summed E-state index contributed by atoms with van der Waals surface area (Å²) in [6.07, 6.45) is 1.60. The molecule has 0 fully saturated rings. The lowest BCUT2D eigenvalue weighted by atomic mass is 9.98. The van der Waals surface area contributed by atoms with Crippen molar-refractivity contribution in [1.82, 2.24) is 25.5 Å². The zero-order chi connectivity index (χ0) is 27.2. The van der Waals surface area contributed by atoms with E-state index in [4.69, 9.17) is 9.47 Å². The fourth-order valence-electron chi connectivity index (χ4n) is 5.14. The summed E-state index contributed by atoms with van der Waals surface area (Å²) in [6, 6.07) is 27.4. The third-order valence-electron chi connectivity index (χ3n) is 7.12. The highest BCUT2D eigenvalue weighted by Gasteiger charge is 2.35. The first-order chi connectivity index (χ1) is 19.1. The molecule has 0 saturated heterocycles. The van der Waals surface area contributed by atoms with Gasteiger partial charge in [-0.15, -0.1) is 5.10 Å². The number of ether oxygens (including phenoxy) is 2. The molecule has 1 aromatic heterocycles. The molecule has 39 heavy (non-hydrogen) atoms. The van der Waals surface area contributed by atoms with Gasteiger partial charge in [0.15, 0.2) is 12.1 Å². The number of aromatic nitrogens is 4. The van der Waals surface area contributed by atoms with E-state index in [0.717, 1.165) is 54.1 Å². The SMILES string of the molecule is COC(OC)C1=C(CCC(C)C)N(Cc2ccc(-c3ccccc3-c3nnn[nH]3)cc2)CN1c1ccccc1. The van der Waals surface area contributed by atoms with E-state index in [2.05, 4.69) is 98.9 Å². The Morgan fingerprint density at radius 2 is 1.56 bits per heavy atom. The molecule has 8 nitrogen and oxygen atoms in total. The molecule has 202 valence electrons. The zero-order valence-electron chi connectivity index (χ0n) is 23.0. The number of nitrogens with zero attached hydrogens (tertiary/aromatic N) is 5. The number of H-pyrrole nitrogens is 1. The molecule has 1 aliphatic heterocycles. The van der Waals surface area contributed by atoms with Crippen molar-refractivity contribution in [2.24, 2.45) is 5.92 Å². The Morgan fingerprint density at radius 3 is 2.21 bits per heavy atom. The van der Waals surface area contributed by atoms with Crippen LogP contribution in [0.5, 0.6) is 0 Å². The monoisotopic (exact) mass is 524 g/mol. The van der Waals surface area contributed by atoms with Crippen LogP contribution in [0.3, 0.4) is 0 Å². The molecule has 5 rings (SSSR count). The summed E-state index contributed by atoms with van der Waals surface area (Å²) >= 11 is 0. The summed E-state index contributed by atoms with van der Waals surface area (Å²) < 4.78 is 11.6. The molecule has 8 heteroatoms. The predicted molar refractivity (Wildman–Crippen MR) is 153 cm³/mol. The topological polar surface area (TPSA) is 79.4 Å². The molecule has 1 aliphatic rings. The van der Waals surface area contributed by atoms with E-state index in [1.807, 2.05) is 24.3 Å². The molecule has 3 aromatic carbocycles. The Morgan fingerprint density at radius 1 is 0.872 bits per heavy atom. The van der Waals surface area contributed by atoms with Gasteiger partial charge < -0.3 is 19.3 Å². The summed E-state index contributed by atoms with van der Waals surface area (Å²) in [6.45, 7) is 6.06. The number of methoxy groups -OCH3 is 2. The van der Waals surface area contributed by atoms with Crippen LogP contribution in [0.1, 0.15) is 32.3 Å². The van der Waals surface area contributed by atoms with Gasteiger partial charge in [-0.3, -0.25) is 0 Å². The summed E-state index contributed by atoms with van der Waals surface area (Å²) in [5.74, 6) is 1.25. The first-order valence-corrected chi connectivity index (χ1v) is 13.4. The normalized spacial score (nSPS) is 13.8. The number of tetrazole rings is 1. The molecule has 1 N–H and O–H groups in total. The summed E-state index contributed by atoms with van der Waals surface area (Å²) in [7, 11) is 3.41. The number of para-hydroxylation sites is 1. The molecule has 0 amide bonds. The van der Waals surface area contributed by atoms with E-state index in [1.54, 1.807) is 14.2 Å². The maximum Gasteiger partial charge on any atom is 0.200 e. The Balaban J connectivity index is 1.45. The van der Waals surface area contributed by atoms with Gasteiger partial charge in [0, 0.05) is 37.7 Å². The first kappa shape index (κ1) is 26.6. The van der Waals surface area contributed by atoms with Crippen LogP contribution >= 0.6 is 0 Å². The largest absolute Gasteiger partial charge is 0.351 e. The molecule has 2 heterocycles. The number of benzene rings is 3. The zero-order valence-corrected chi connectivity index (χ0v) is 23.0. The van der Waals surface area contributed by atoms with Crippen LogP contribution in [0.25, 0.3) is 22.5 Å². The quantitative estimate of drug-likeness (QED) is 0.238. The highest BCUT2D eigenvalue weighted by atomic mass is 16.7. The number of aromatic amines is 1. The van der Waals surface area contributed by atoms with Gasteiger partial charge in [0.25, 0.3) is 0 Å². The number of hydrogen-bond acceptors (Lipinski definition) is 7. The number of rotatable bonds is 11. The van der Waals surface area contributed by atoms with Crippen molar-refractivity contribution >= 4 is 5.69 Å². The van der Waals surface area contributed by atoms with Crippen LogP contribution in [0.15, 0.2) is 90.3 Å². The molecule has 0 bridgehead atoms. The predicted octanol–water partition coefficient (Wildman–Crippen LogP) is 6.08. The second kappa shape index (κ2) is 12.2. The fourth-order valence-corrected chi connectivity index (χ4v) is 5.14. The summed E-state index contributed by atoms with van der Waals surface area (Å²) in [5, 5.41) is 14.5. The Bertz CT molecular complexity index is 1370. The first-order valence-electron chi connectivity index (χ1n) is 13.4. The average molecular weight is 525 g/mol. The average Bonchev–Trinajstić information content (AvgIpc) is 3.63. The van der Waals surface area contributed by atoms with Crippen molar-refractivity contribution in [2.75, 3.05) is 25.8 Å². The molecule has 4 aromatic rings. The van der Waals surface area contributed by atoms with Crippen molar-refractivity contribution in [3.8, 4) is 22.5 Å². The van der Waals surface area contributed by atoms with Gasteiger partial charge in [0.2, 0.25) is 0 Å². The van der Waals surface area contributed by atoms with Gasteiger partial charge in [0.05, 0.1) is 12.4 Å². The molecule has 0 unspecified atom stereocenters. The second-order valence-electron chi connectivity index (χ2n) is 10.2. The van der Waals surface area contributed by atoms with Gasteiger partial charge in [-0.25, -0.2) is 5.10 Å². The van der Waals surface area contributed by atoms with Gasteiger partial charge >= 0.3 is 0 Å². The van der Waals surface area contributed by atoms with Gasteiger partial charge in [0.1, 0.15) is 0 Å². The van der Waals surface area contributed by atoms with Gasteiger partial charge in [-0.05, 0) is 58.0 Å². The minimum Gasteiger partial charge on any atom is -0.351 e. The van der Waals surface area contributed by atoms with E-state index < -0.39 is 6.29 Å². The van der Waals surface area contributed by atoms with Crippen LogP contribution in [-0.2, 0) is 16.0 Å². The van der Waals surface area contributed by atoms with E-state index in [-0.39, 0.29) is 0 Å². The lowest BCUT2D eigenvalue weighted by Crippen LogP contribution is -2.31. The molecule has 0 radical (unpaired) electrons. The summed E-state index contributed by atoms with van der Waals surface area (Å²) in [4.78, 5) is 4.78. The second-order valence-corrected chi connectivity index (χ2v) is 10.2. The fraction of sp³-hybridized carbons (Fsp3) is 0.323. The minimum absolute atomic E-state index is 0.443. The highest BCUT2D eigenvalue weighted by Crippen LogP contribution is 2.37. The molecule has 0 aliphatic carbocycles. The maximum absolute atomic E-state index is 5.81. The van der Waals surface area contributed by atoms with Crippen LogP contribution < -0.4 is 4.90 Å². The number of anilines is 1. The van der Waals surface area contributed by atoms with Gasteiger partial charge in [-0.1, -0.05) is 80.6 Å². The summed E-state index contributed by atoms with van der Waals surface area (Å²) in [5.41, 5.74) is 7.90. The minimum atomic E-state index is -0.443. The van der Waals surface area contributed by atoms with Crippen molar-refractivity contribution in [2.45, 2.75) is 39.5 Å². The van der Waals surface area contributed by atoms with E-state index in [1.165, 1.54) is 11.3 Å². The smallest absolute Gasteiger partial charge is 0.200 e. The van der Waals surface area contributed by atoms with Crippen molar-refractivity contribution in [1.29, 1.82) is 0 Å². The van der Waals surface area contributed by atoms with E-state index >= 15 is 0 Å². The highest BCUT2D eigenvalue weighted by molar-refractivity contribution is 5.80. The molecule has 0 saturated carbocycles. The third-order valence-corrected chi connectivity index (χ3v) is 7.12. The van der Waals surface area contributed by atoms with Crippen LogP contribution in [0.4, 0.5) is 5.69 Å². The van der Waals surface area contributed by atoms with Crippen LogP contribution in [-0.4, -0.2) is 52.7 Å². The van der Waals surface area contributed by atoms with Crippen molar-refractivity contribution in [3.05, 3.63) is 95.8 Å². The molecule has 0 atom stereocenters. The van der Waals surface area contributed by atoms with Crippen LogP contribution in [0, 0.1) is 5.92 Å². The van der Waals surface area contributed by atoms with Gasteiger partial charge in [-0.2, -0.15) is 0 Å². The maximum atomic E-state index is 5.81. The number of allylic oxidation sites excluding steroid dienone is 1. The lowest BCUT2D eigenvalue weighted by molar-refractivity contribution is -0.0762.